The molecule has 0 saturated carbocycles. The first-order valence-electron chi connectivity index (χ1n) is 5.29. The van der Waals surface area contributed by atoms with Crippen molar-refractivity contribution in [1.82, 2.24) is 0 Å². The molecule has 2 nitrogen and oxygen atoms in total. The van der Waals surface area contributed by atoms with Gasteiger partial charge in [0.05, 0.1) is 9.92 Å². The smallest absolute Gasteiger partial charge is 0.215 e. The summed E-state index contributed by atoms with van der Waals surface area (Å²) < 4.78 is 5.87. The van der Waals surface area contributed by atoms with Crippen molar-refractivity contribution in [1.29, 1.82) is 0 Å². The SMILES string of the molecule is CC(C)=C1Sc2c(oc3ccccc23)N1C. The molecule has 0 unspecified atom stereocenters. The van der Waals surface area contributed by atoms with E-state index in [-0.39, 0.29) is 0 Å². The van der Waals surface area contributed by atoms with Crippen LogP contribution in [-0.2, 0) is 0 Å². The Morgan fingerprint density at radius 3 is 2.75 bits per heavy atom. The molecular weight excluding hydrogens is 218 g/mol. The highest BCUT2D eigenvalue weighted by Gasteiger charge is 2.29. The van der Waals surface area contributed by atoms with Gasteiger partial charge in [0.1, 0.15) is 5.58 Å². The Morgan fingerprint density at radius 2 is 2.00 bits per heavy atom. The van der Waals surface area contributed by atoms with Crippen LogP contribution in [0.1, 0.15) is 13.8 Å². The van der Waals surface area contributed by atoms with Gasteiger partial charge in [-0.1, -0.05) is 23.9 Å². The van der Waals surface area contributed by atoms with Crippen LogP contribution < -0.4 is 4.90 Å². The summed E-state index contributed by atoms with van der Waals surface area (Å²) in [6.45, 7) is 4.26. The van der Waals surface area contributed by atoms with Crippen molar-refractivity contribution in [2.24, 2.45) is 0 Å². The molecular formula is C13H13NOS. The minimum atomic E-state index is 0.972. The molecule has 1 aromatic carbocycles. The van der Waals surface area contributed by atoms with Crippen LogP contribution in [0.2, 0.25) is 0 Å². The largest absolute Gasteiger partial charge is 0.439 e. The molecule has 1 aliphatic heterocycles. The highest BCUT2D eigenvalue weighted by molar-refractivity contribution is 8.04. The highest BCUT2D eigenvalue weighted by Crippen LogP contribution is 2.51. The average Bonchev–Trinajstić information content (AvgIpc) is 2.76. The lowest BCUT2D eigenvalue weighted by Crippen LogP contribution is -2.09. The fraction of sp³-hybridized carbons (Fsp3) is 0.231. The molecule has 2 aromatic rings. The van der Waals surface area contributed by atoms with Crippen LogP contribution in [0.25, 0.3) is 11.0 Å². The van der Waals surface area contributed by atoms with Gasteiger partial charge < -0.3 is 9.32 Å². The Kier molecular flexibility index (Phi) is 2.04. The molecule has 16 heavy (non-hydrogen) atoms. The van der Waals surface area contributed by atoms with Crippen LogP contribution in [0.15, 0.2) is 44.2 Å². The zero-order chi connectivity index (χ0) is 11.3. The average molecular weight is 231 g/mol. The Bertz CT molecular complexity index is 593. The monoisotopic (exact) mass is 231 g/mol. The zero-order valence-electron chi connectivity index (χ0n) is 9.57. The summed E-state index contributed by atoms with van der Waals surface area (Å²) in [6, 6.07) is 8.20. The van der Waals surface area contributed by atoms with Gasteiger partial charge in [-0.3, -0.25) is 0 Å². The molecule has 0 radical (unpaired) electrons. The number of hydrogen-bond acceptors (Lipinski definition) is 3. The predicted molar refractivity (Wildman–Crippen MR) is 68.8 cm³/mol. The van der Waals surface area contributed by atoms with Gasteiger partial charge in [0, 0.05) is 12.4 Å². The number of fused-ring (bicyclic) bond motifs is 3. The molecule has 1 aliphatic rings. The van der Waals surface area contributed by atoms with Gasteiger partial charge in [-0.25, -0.2) is 0 Å². The van der Waals surface area contributed by atoms with Crippen LogP contribution in [0.4, 0.5) is 5.88 Å². The highest BCUT2D eigenvalue weighted by atomic mass is 32.2. The number of nitrogens with zero attached hydrogens (tertiary/aromatic N) is 1. The summed E-state index contributed by atoms with van der Waals surface area (Å²) in [6.07, 6.45) is 0. The molecule has 0 aliphatic carbocycles. The first-order chi connectivity index (χ1) is 7.68. The van der Waals surface area contributed by atoms with E-state index in [1.165, 1.54) is 20.9 Å². The van der Waals surface area contributed by atoms with Gasteiger partial charge in [0.25, 0.3) is 0 Å². The van der Waals surface area contributed by atoms with Gasteiger partial charge in [-0.05, 0) is 31.6 Å². The van der Waals surface area contributed by atoms with Gasteiger partial charge in [-0.2, -0.15) is 0 Å². The second-order valence-corrected chi connectivity index (χ2v) is 5.20. The van der Waals surface area contributed by atoms with E-state index in [1.54, 1.807) is 11.8 Å². The van der Waals surface area contributed by atoms with E-state index in [0.717, 1.165) is 11.5 Å². The summed E-state index contributed by atoms with van der Waals surface area (Å²) in [4.78, 5) is 3.38. The Balaban J connectivity index is 2.26. The van der Waals surface area contributed by atoms with Crippen molar-refractivity contribution < 1.29 is 4.42 Å². The summed E-state index contributed by atoms with van der Waals surface area (Å²) in [7, 11) is 2.06. The van der Waals surface area contributed by atoms with Gasteiger partial charge in [-0.15, -0.1) is 0 Å². The van der Waals surface area contributed by atoms with Crippen LogP contribution in [0.3, 0.4) is 0 Å². The predicted octanol–water partition coefficient (Wildman–Crippen LogP) is 4.23. The maximum absolute atomic E-state index is 5.87. The lowest BCUT2D eigenvalue weighted by atomic mass is 10.2. The molecule has 3 rings (SSSR count). The molecule has 0 N–H and O–H groups in total. The lowest BCUT2D eigenvalue weighted by molar-refractivity contribution is 0.608. The van der Waals surface area contributed by atoms with Gasteiger partial charge in [0.2, 0.25) is 5.88 Å². The summed E-state index contributed by atoms with van der Waals surface area (Å²) in [5, 5.41) is 2.49. The molecule has 0 bridgehead atoms. The minimum Gasteiger partial charge on any atom is -0.439 e. The van der Waals surface area contributed by atoms with E-state index in [9.17, 15) is 0 Å². The number of benzene rings is 1. The van der Waals surface area contributed by atoms with E-state index < -0.39 is 0 Å². The number of thioether (sulfide) groups is 1. The molecule has 82 valence electrons. The minimum absolute atomic E-state index is 0.972. The summed E-state index contributed by atoms with van der Waals surface area (Å²) >= 11 is 1.80. The van der Waals surface area contributed by atoms with Gasteiger partial charge >= 0.3 is 0 Å². The van der Waals surface area contributed by atoms with Crippen molar-refractivity contribution in [3.63, 3.8) is 0 Å². The van der Waals surface area contributed by atoms with E-state index in [4.69, 9.17) is 4.42 Å². The topological polar surface area (TPSA) is 16.4 Å². The van der Waals surface area contributed by atoms with Crippen LogP contribution in [0, 0.1) is 0 Å². The quantitative estimate of drug-likeness (QED) is 0.675. The second-order valence-electron chi connectivity index (χ2n) is 4.20. The van der Waals surface area contributed by atoms with E-state index in [0.29, 0.717) is 0 Å². The number of furan rings is 1. The number of allylic oxidation sites excluding steroid dienone is 1. The van der Waals surface area contributed by atoms with Crippen molar-refractivity contribution >= 4 is 28.6 Å². The van der Waals surface area contributed by atoms with Crippen LogP contribution in [-0.4, -0.2) is 7.05 Å². The normalized spacial score (nSPS) is 14.7. The van der Waals surface area contributed by atoms with Crippen LogP contribution in [0.5, 0.6) is 0 Å². The number of hydrogen-bond donors (Lipinski definition) is 0. The third kappa shape index (κ3) is 1.21. The molecule has 0 fully saturated rings. The summed E-state index contributed by atoms with van der Waals surface area (Å²) in [5.74, 6) is 0.974. The first-order valence-corrected chi connectivity index (χ1v) is 6.10. The standard InChI is InChI=1S/C13H13NOS/c1-8(2)13-14(3)12-11(16-13)9-6-4-5-7-10(9)15-12/h4-7H,1-3H3. The first kappa shape index (κ1) is 9.85. The molecule has 1 aromatic heterocycles. The Hall–Kier alpha value is -1.35. The molecule has 0 atom stereocenters. The fourth-order valence-corrected chi connectivity index (χ4v) is 3.19. The summed E-state index contributed by atoms with van der Waals surface area (Å²) in [5.41, 5.74) is 2.29. The number of anilines is 1. The fourth-order valence-electron chi connectivity index (χ4n) is 2.02. The third-order valence-corrected chi connectivity index (χ3v) is 4.24. The van der Waals surface area contributed by atoms with Crippen molar-refractivity contribution in [3.8, 4) is 0 Å². The third-order valence-electron chi connectivity index (χ3n) is 2.77. The van der Waals surface area contributed by atoms with Crippen molar-refractivity contribution in [3.05, 3.63) is 34.9 Å². The van der Waals surface area contributed by atoms with Crippen LogP contribution >= 0.6 is 11.8 Å². The molecule has 0 amide bonds. The molecule has 3 heteroatoms. The number of para-hydroxylation sites is 1. The molecule has 2 heterocycles. The lowest BCUT2D eigenvalue weighted by Gasteiger charge is -2.12. The Labute approximate surface area is 98.9 Å². The number of rotatable bonds is 0. The maximum atomic E-state index is 5.87. The second kappa shape index (κ2) is 3.32. The van der Waals surface area contributed by atoms with Crippen molar-refractivity contribution in [2.75, 3.05) is 11.9 Å². The van der Waals surface area contributed by atoms with E-state index >= 15 is 0 Å². The van der Waals surface area contributed by atoms with E-state index in [1.807, 2.05) is 12.1 Å². The molecule has 0 spiro atoms. The maximum Gasteiger partial charge on any atom is 0.215 e. The Morgan fingerprint density at radius 1 is 1.25 bits per heavy atom. The van der Waals surface area contributed by atoms with Gasteiger partial charge in [0.15, 0.2) is 0 Å². The van der Waals surface area contributed by atoms with E-state index in [2.05, 4.69) is 37.9 Å². The molecule has 0 saturated heterocycles. The van der Waals surface area contributed by atoms with Crippen molar-refractivity contribution in [2.45, 2.75) is 18.7 Å². The zero-order valence-corrected chi connectivity index (χ0v) is 10.4.